The van der Waals surface area contributed by atoms with Crippen molar-refractivity contribution in [3.05, 3.63) is 26.6 Å². The fraction of sp³-hybridized carbons (Fsp3) is 0.533. The number of nitrogens with one attached hydrogen (secondary N) is 2. The third kappa shape index (κ3) is 5.96. The van der Waals surface area contributed by atoms with E-state index in [1.54, 1.807) is 14.0 Å². The van der Waals surface area contributed by atoms with Gasteiger partial charge in [0.15, 0.2) is 6.10 Å². The molecule has 0 radical (unpaired) electrons. The summed E-state index contributed by atoms with van der Waals surface area (Å²) in [5, 5.41) is 5.97. The summed E-state index contributed by atoms with van der Waals surface area (Å²) in [7, 11) is 1.59. The lowest BCUT2D eigenvalue weighted by molar-refractivity contribution is -0.126. The van der Waals surface area contributed by atoms with E-state index in [1.807, 2.05) is 12.1 Å². The van der Waals surface area contributed by atoms with Gasteiger partial charge in [-0.25, -0.2) is 0 Å². The van der Waals surface area contributed by atoms with Crippen LogP contribution in [-0.4, -0.2) is 25.6 Å². The highest BCUT2D eigenvalue weighted by Gasteiger charge is 2.17. The van der Waals surface area contributed by atoms with Crippen molar-refractivity contribution in [1.82, 2.24) is 10.6 Å². The summed E-state index contributed by atoms with van der Waals surface area (Å²) >= 11 is 7.01. The van der Waals surface area contributed by atoms with Gasteiger partial charge in [0.25, 0.3) is 5.91 Å². The van der Waals surface area contributed by atoms with E-state index in [2.05, 4.69) is 56.3 Å². The van der Waals surface area contributed by atoms with Crippen molar-refractivity contribution in [2.24, 2.45) is 5.92 Å². The summed E-state index contributed by atoms with van der Waals surface area (Å²) in [5.74, 6) is 1.10. The molecule has 118 valence electrons. The molecule has 0 aliphatic heterocycles. The van der Waals surface area contributed by atoms with E-state index in [1.165, 1.54) is 0 Å². The first-order chi connectivity index (χ1) is 9.85. The van der Waals surface area contributed by atoms with E-state index in [-0.39, 0.29) is 5.91 Å². The highest BCUT2D eigenvalue weighted by atomic mass is 79.9. The van der Waals surface area contributed by atoms with Crippen LogP contribution < -0.4 is 15.4 Å². The Bertz CT molecular complexity index is 470. The molecule has 0 bridgehead atoms. The monoisotopic (exact) mass is 420 g/mol. The first-order valence-electron chi connectivity index (χ1n) is 6.92. The minimum atomic E-state index is -0.549. The summed E-state index contributed by atoms with van der Waals surface area (Å²) in [4.78, 5) is 11.5. The van der Waals surface area contributed by atoms with Gasteiger partial charge < -0.3 is 15.4 Å². The van der Waals surface area contributed by atoms with Gasteiger partial charge >= 0.3 is 0 Å². The van der Waals surface area contributed by atoms with Gasteiger partial charge in [-0.1, -0.05) is 13.8 Å². The van der Waals surface area contributed by atoms with E-state index in [9.17, 15) is 4.79 Å². The normalized spacial score (nSPS) is 12.3. The summed E-state index contributed by atoms with van der Waals surface area (Å²) in [6, 6.07) is 4.01. The molecule has 1 unspecified atom stereocenters. The van der Waals surface area contributed by atoms with Crippen LogP contribution in [0.5, 0.6) is 5.75 Å². The number of carbonyl (C=O) groups excluding carboxylic acids is 1. The Balaban J connectivity index is 2.78. The predicted octanol–water partition coefficient (Wildman–Crippen LogP) is 3.47. The second-order valence-electron chi connectivity index (χ2n) is 5.29. The maximum atomic E-state index is 11.5. The van der Waals surface area contributed by atoms with Gasteiger partial charge in [-0.05, 0) is 68.9 Å². The molecule has 0 saturated carbocycles. The molecular formula is C15H22Br2N2O2. The molecule has 0 saturated heterocycles. The topological polar surface area (TPSA) is 50.4 Å². The number of amides is 1. The van der Waals surface area contributed by atoms with Crippen molar-refractivity contribution in [3.8, 4) is 5.75 Å². The van der Waals surface area contributed by atoms with Crippen LogP contribution in [0.1, 0.15) is 26.3 Å². The predicted molar refractivity (Wildman–Crippen MR) is 92.5 cm³/mol. The number of hydrogen-bond donors (Lipinski definition) is 2. The van der Waals surface area contributed by atoms with Crippen molar-refractivity contribution < 1.29 is 9.53 Å². The lowest BCUT2D eigenvalue weighted by Crippen LogP contribution is -2.33. The van der Waals surface area contributed by atoms with Gasteiger partial charge in [-0.2, -0.15) is 0 Å². The Morgan fingerprint density at radius 3 is 2.29 bits per heavy atom. The van der Waals surface area contributed by atoms with Crippen molar-refractivity contribution in [1.29, 1.82) is 0 Å². The molecule has 0 aromatic heterocycles. The number of ether oxygens (including phenoxy) is 1. The molecule has 0 heterocycles. The molecule has 1 rings (SSSR count). The third-order valence-electron chi connectivity index (χ3n) is 2.85. The van der Waals surface area contributed by atoms with Gasteiger partial charge in [-0.3, -0.25) is 4.79 Å². The van der Waals surface area contributed by atoms with Crippen LogP contribution in [0.25, 0.3) is 0 Å². The molecule has 2 N–H and O–H groups in total. The van der Waals surface area contributed by atoms with Gasteiger partial charge in [-0.15, -0.1) is 0 Å². The molecule has 1 amide bonds. The van der Waals surface area contributed by atoms with E-state index in [4.69, 9.17) is 4.74 Å². The van der Waals surface area contributed by atoms with Crippen molar-refractivity contribution >= 4 is 37.8 Å². The van der Waals surface area contributed by atoms with Crippen LogP contribution in [0.4, 0.5) is 0 Å². The molecule has 21 heavy (non-hydrogen) atoms. The zero-order valence-corrected chi connectivity index (χ0v) is 16.0. The molecular weight excluding hydrogens is 400 g/mol. The number of halogens is 2. The maximum Gasteiger partial charge on any atom is 0.260 e. The number of likely N-dealkylation sites (N-methyl/N-ethyl adjacent to an activating group) is 1. The second-order valence-corrected chi connectivity index (χ2v) is 7.00. The SMILES string of the molecule is CNC(=O)C(C)Oc1c(Br)cc(CNCC(C)C)cc1Br. The van der Waals surface area contributed by atoms with Crippen molar-refractivity contribution in [2.75, 3.05) is 13.6 Å². The standard InChI is InChI=1S/C15H22Br2N2O2/c1-9(2)7-19-8-11-5-12(16)14(13(17)6-11)21-10(3)15(20)18-4/h5-6,9-10,19H,7-8H2,1-4H3,(H,18,20). The Hall–Kier alpha value is -0.590. The lowest BCUT2D eigenvalue weighted by atomic mass is 10.2. The van der Waals surface area contributed by atoms with Gasteiger partial charge in [0.05, 0.1) is 8.95 Å². The zero-order valence-electron chi connectivity index (χ0n) is 12.8. The Morgan fingerprint density at radius 2 is 1.81 bits per heavy atom. The largest absolute Gasteiger partial charge is 0.479 e. The van der Waals surface area contributed by atoms with Crippen LogP contribution in [-0.2, 0) is 11.3 Å². The molecule has 1 aromatic carbocycles. The second kappa shape index (κ2) is 8.76. The first-order valence-corrected chi connectivity index (χ1v) is 8.50. The van der Waals surface area contributed by atoms with E-state index >= 15 is 0 Å². The minimum Gasteiger partial charge on any atom is -0.479 e. The van der Waals surface area contributed by atoms with Crippen LogP contribution >= 0.6 is 31.9 Å². The Labute approximate surface area is 143 Å². The molecule has 1 atom stereocenters. The summed E-state index contributed by atoms with van der Waals surface area (Å²) in [5.41, 5.74) is 1.15. The smallest absolute Gasteiger partial charge is 0.260 e. The summed E-state index contributed by atoms with van der Waals surface area (Å²) in [6.45, 7) is 7.84. The third-order valence-corrected chi connectivity index (χ3v) is 4.03. The number of carbonyl (C=O) groups is 1. The van der Waals surface area contributed by atoms with E-state index < -0.39 is 6.10 Å². The number of benzene rings is 1. The Kier molecular flexibility index (Phi) is 7.70. The first kappa shape index (κ1) is 18.5. The number of hydrogen-bond acceptors (Lipinski definition) is 3. The lowest BCUT2D eigenvalue weighted by Gasteiger charge is -2.17. The average molecular weight is 422 g/mol. The molecule has 0 aliphatic rings. The molecule has 6 heteroatoms. The fourth-order valence-corrected chi connectivity index (χ4v) is 3.23. The highest BCUT2D eigenvalue weighted by molar-refractivity contribution is 9.11. The maximum absolute atomic E-state index is 11.5. The van der Waals surface area contributed by atoms with Gasteiger partial charge in [0, 0.05) is 13.6 Å². The van der Waals surface area contributed by atoms with Crippen LogP contribution in [0.2, 0.25) is 0 Å². The van der Waals surface area contributed by atoms with Gasteiger partial charge in [0.1, 0.15) is 5.75 Å². The molecule has 4 nitrogen and oxygen atoms in total. The van der Waals surface area contributed by atoms with Crippen molar-refractivity contribution in [3.63, 3.8) is 0 Å². The molecule has 0 spiro atoms. The van der Waals surface area contributed by atoms with E-state index in [0.717, 1.165) is 27.6 Å². The fourth-order valence-electron chi connectivity index (χ4n) is 1.77. The van der Waals surface area contributed by atoms with E-state index in [0.29, 0.717) is 11.7 Å². The summed E-state index contributed by atoms with van der Waals surface area (Å²) in [6.07, 6.45) is -0.549. The molecule has 0 fully saturated rings. The molecule has 1 aromatic rings. The average Bonchev–Trinajstić information content (AvgIpc) is 2.41. The Morgan fingerprint density at radius 1 is 1.24 bits per heavy atom. The zero-order chi connectivity index (χ0) is 16.0. The summed E-state index contributed by atoms with van der Waals surface area (Å²) < 4.78 is 7.36. The van der Waals surface area contributed by atoms with Gasteiger partial charge in [0.2, 0.25) is 0 Å². The number of rotatable bonds is 7. The van der Waals surface area contributed by atoms with Crippen LogP contribution in [0.15, 0.2) is 21.1 Å². The van der Waals surface area contributed by atoms with Crippen molar-refractivity contribution in [2.45, 2.75) is 33.4 Å². The minimum absolute atomic E-state index is 0.156. The molecule has 0 aliphatic carbocycles. The quantitative estimate of drug-likeness (QED) is 0.708. The highest BCUT2D eigenvalue weighted by Crippen LogP contribution is 2.35. The van der Waals surface area contributed by atoms with Crippen LogP contribution in [0, 0.1) is 5.92 Å². The van der Waals surface area contributed by atoms with Crippen LogP contribution in [0.3, 0.4) is 0 Å².